The lowest BCUT2D eigenvalue weighted by Crippen LogP contribution is -1.86. The number of nitrogens with zero attached hydrogens (tertiary/aromatic N) is 1. The molecule has 0 aliphatic rings. The normalized spacial score (nSPS) is 9.79. The van der Waals surface area contributed by atoms with Crippen LogP contribution in [0.3, 0.4) is 0 Å². The van der Waals surface area contributed by atoms with E-state index in [0.29, 0.717) is 0 Å². The molecule has 0 fully saturated rings. The maximum atomic E-state index is 5.70. The Hall–Kier alpha value is -2.35. The average Bonchev–Trinajstić information content (AvgIpc) is 2.50. The van der Waals surface area contributed by atoms with Gasteiger partial charge in [0.1, 0.15) is 0 Å². The Balaban J connectivity index is 0.000000637. The van der Waals surface area contributed by atoms with Gasteiger partial charge >= 0.3 is 0 Å². The van der Waals surface area contributed by atoms with Crippen LogP contribution in [0.4, 0.5) is 5.69 Å². The van der Waals surface area contributed by atoms with Crippen LogP contribution in [0.1, 0.15) is 13.8 Å². The number of nitrogen functional groups attached to an aromatic ring is 1. The van der Waals surface area contributed by atoms with E-state index in [9.17, 15) is 0 Å². The first-order valence-corrected chi connectivity index (χ1v) is 6.53. The summed E-state index contributed by atoms with van der Waals surface area (Å²) in [5.74, 6) is 0. The van der Waals surface area contributed by atoms with Crippen molar-refractivity contribution in [1.29, 1.82) is 0 Å². The molecule has 2 heteroatoms. The van der Waals surface area contributed by atoms with Crippen LogP contribution in [0, 0.1) is 0 Å². The molecule has 96 valence electrons. The Bertz CT molecular complexity index is 652. The van der Waals surface area contributed by atoms with E-state index in [1.54, 1.807) is 0 Å². The molecular weight excluding hydrogens is 232 g/mol. The predicted octanol–water partition coefficient (Wildman–Crippen LogP) is 4.51. The first kappa shape index (κ1) is 13.1. The first-order valence-electron chi connectivity index (χ1n) is 6.53. The van der Waals surface area contributed by atoms with Gasteiger partial charge in [0.05, 0.1) is 0 Å². The fourth-order valence-corrected chi connectivity index (χ4v) is 2.01. The quantitative estimate of drug-likeness (QED) is 0.645. The van der Waals surface area contributed by atoms with Crippen LogP contribution in [0.15, 0.2) is 60.9 Å². The predicted molar refractivity (Wildman–Crippen MR) is 82.9 cm³/mol. The van der Waals surface area contributed by atoms with Crippen molar-refractivity contribution in [2.75, 3.05) is 5.73 Å². The third kappa shape index (κ3) is 2.74. The molecule has 0 aliphatic carbocycles. The van der Waals surface area contributed by atoms with Gasteiger partial charge in [-0.2, -0.15) is 0 Å². The van der Waals surface area contributed by atoms with Crippen LogP contribution >= 0.6 is 0 Å². The zero-order chi connectivity index (χ0) is 13.7. The number of hydrogen-bond donors (Lipinski definition) is 1. The summed E-state index contributed by atoms with van der Waals surface area (Å²) in [6.07, 6.45) is 3.78. The van der Waals surface area contributed by atoms with E-state index >= 15 is 0 Å². The van der Waals surface area contributed by atoms with Gasteiger partial charge in [0.15, 0.2) is 0 Å². The minimum absolute atomic E-state index is 0.780. The van der Waals surface area contributed by atoms with E-state index in [1.165, 1.54) is 5.39 Å². The summed E-state index contributed by atoms with van der Waals surface area (Å²) in [4.78, 5) is 4.28. The highest BCUT2D eigenvalue weighted by Gasteiger charge is 2.03. The van der Waals surface area contributed by atoms with E-state index in [2.05, 4.69) is 17.1 Å². The van der Waals surface area contributed by atoms with E-state index in [-0.39, 0.29) is 0 Å². The second-order valence-corrected chi connectivity index (χ2v) is 4.03. The molecule has 3 aromatic rings. The number of pyridine rings is 1. The van der Waals surface area contributed by atoms with Crippen LogP contribution in [-0.4, -0.2) is 4.98 Å². The maximum Gasteiger partial charge on any atom is 0.0352 e. The minimum Gasteiger partial charge on any atom is -0.399 e. The van der Waals surface area contributed by atoms with E-state index in [1.807, 2.05) is 62.6 Å². The Labute approximate surface area is 113 Å². The molecule has 1 aromatic heterocycles. The summed E-state index contributed by atoms with van der Waals surface area (Å²) in [5, 5.41) is 2.37. The summed E-state index contributed by atoms with van der Waals surface area (Å²) in [6, 6.07) is 16.1. The number of anilines is 1. The van der Waals surface area contributed by atoms with Gasteiger partial charge < -0.3 is 5.73 Å². The van der Waals surface area contributed by atoms with E-state index in [0.717, 1.165) is 22.2 Å². The van der Waals surface area contributed by atoms with Crippen LogP contribution < -0.4 is 5.73 Å². The smallest absolute Gasteiger partial charge is 0.0352 e. The molecule has 2 nitrogen and oxygen atoms in total. The van der Waals surface area contributed by atoms with E-state index < -0.39 is 0 Å². The minimum atomic E-state index is 0.780. The molecule has 0 saturated heterocycles. The Morgan fingerprint density at radius 1 is 0.842 bits per heavy atom. The Kier molecular flexibility index (Phi) is 4.14. The van der Waals surface area contributed by atoms with Crippen molar-refractivity contribution < 1.29 is 0 Å². The zero-order valence-electron chi connectivity index (χ0n) is 11.3. The molecule has 0 spiro atoms. The monoisotopic (exact) mass is 250 g/mol. The topological polar surface area (TPSA) is 38.9 Å². The molecule has 0 saturated carbocycles. The van der Waals surface area contributed by atoms with Crippen molar-refractivity contribution in [2.24, 2.45) is 0 Å². The first-order chi connectivity index (χ1) is 9.34. The van der Waals surface area contributed by atoms with Gasteiger partial charge in [0, 0.05) is 29.0 Å². The summed E-state index contributed by atoms with van der Waals surface area (Å²) in [6.45, 7) is 4.00. The summed E-state index contributed by atoms with van der Waals surface area (Å²) < 4.78 is 0. The molecule has 0 unspecified atom stereocenters. The molecule has 1 heterocycles. The van der Waals surface area contributed by atoms with Crippen molar-refractivity contribution in [3.05, 3.63) is 60.9 Å². The number of fused-ring (bicyclic) bond motifs is 1. The van der Waals surface area contributed by atoms with Crippen molar-refractivity contribution in [1.82, 2.24) is 4.98 Å². The van der Waals surface area contributed by atoms with Crippen molar-refractivity contribution in [2.45, 2.75) is 13.8 Å². The highest BCUT2D eigenvalue weighted by molar-refractivity contribution is 5.95. The molecule has 0 bridgehead atoms. The molecular formula is C17H18N2. The third-order valence-electron chi connectivity index (χ3n) is 2.89. The number of aromatic nitrogens is 1. The van der Waals surface area contributed by atoms with Crippen LogP contribution in [0.25, 0.3) is 21.9 Å². The van der Waals surface area contributed by atoms with Gasteiger partial charge in [-0.1, -0.05) is 50.2 Å². The lowest BCUT2D eigenvalue weighted by molar-refractivity contribution is 1.36. The Morgan fingerprint density at radius 2 is 1.53 bits per heavy atom. The number of nitrogens with two attached hydrogens (primary N) is 1. The van der Waals surface area contributed by atoms with Gasteiger partial charge in [0.2, 0.25) is 0 Å². The second-order valence-electron chi connectivity index (χ2n) is 4.03. The Morgan fingerprint density at radius 3 is 2.26 bits per heavy atom. The van der Waals surface area contributed by atoms with E-state index in [4.69, 9.17) is 5.73 Å². The zero-order valence-corrected chi connectivity index (χ0v) is 11.3. The molecule has 19 heavy (non-hydrogen) atoms. The van der Waals surface area contributed by atoms with Gasteiger partial charge in [-0.25, -0.2) is 0 Å². The standard InChI is InChI=1S/C15H12N2.C2H6/c16-13-7-5-11(6-8-13)15-10-17-9-12-3-1-2-4-14(12)15;1-2/h1-10H,16H2;1-2H3. The van der Waals surface area contributed by atoms with Crippen molar-refractivity contribution >= 4 is 16.5 Å². The van der Waals surface area contributed by atoms with Crippen molar-refractivity contribution in [3.63, 3.8) is 0 Å². The average molecular weight is 250 g/mol. The largest absolute Gasteiger partial charge is 0.399 e. The summed E-state index contributed by atoms with van der Waals surface area (Å²) in [5.41, 5.74) is 8.77. The summed E-state index contributed by atoms with van der Waals surface area (Å²) >= 11 is 0. The molecule has 2 N–H and O–H groups in total. The third-order valence-corrected chi connectivity index (χ3v) is 2.89. The van der Waals surface area contributed by atoms with Gasteiger partial charge in [0.25, 0.3) is 0 Å². The lowest BCUT2D eigenvalue weighted by Gasteiger charge is -2.06. The molecule has 0 aliphatic heterocycles. The van der Waals surface area contributed by atoms with Crippen LogP contribution in [-0.2, 0) is 0 Å². The summed E-state index contributed by atoms with van der Waals surface area (Å²) in [7, 11) is 0. The fourth-order valence-electron chi connectivity index (χ4n) is 2.01. The van der Waals surface area contributed by atoms with Crippen LogP contribution in [0.2, 0.25) is 0 Å². The fraction of sp³-hybridized carbons (Fsp3) is 0.118. The SMILES string of the molecule is CC.Nc1ccc(-c2cncc3ccccc23)cc1. The maximum absolute atomic E-state index is 5.70. The molecule has 0 amide bonds. The molecule has 3 rings (SSSR count). The lowest BCUT2D eigenvalue weighted by atomic mass is 10.0. The highest BCUT2D eigenvalue weighted by Crippen LogP contribution is 2.27. The molecule has 0 radical (unpaired) electrons. The second kappa shape index (κ2) is 6.01. The number of rotatable bonds is 1. The van der Waals surface area contributed by atoms with Gasteiger partial charge in [-0.3, -0.25) is 4.98 Å². The number of hydrogen-bond acceptors (Lipinski definition) is 2. The molecule has 0 atom stereocenters. The molecule has 2 aromatic carbocycles. The van der Waals surface area contributed by atoms with Crippen molar-refractivity contribution in [3.8, 4) is 11.1 Å². The van der Waals surface area contributed by atoms with Gasteiger partial charge in [-0.05, 0) is 23.1 Å². The van der Waals surface area contributed by atoms with Crippen LogP contribution in [0.5, 0.6) is 0 Å². The van der Waals surface area contributed by atoms with Gasteiger partial charge in [-0.15, -0.1) is 0 Å². The number of benzene rings is 2. The highest BCUT2D eigenvalue weighted by atomic mass is 14.6.